The molecule has 23 heavy (non-hydrogen) atoms. The molecule has 1 aliphatic carbocycles. The Bertz CT molecular complexity index is 722. The van der Waals surface area contributed by atoms with Crippen LogP contribution in [0, 0.1) is 0 Å². The summed E-state index contributed by atoms with van der Waals surface area (Å²) in [7, 11) is 1.54. The zero-order valence-corrected chi connectivity index (χ0v) is 13.7. The molecule has 5 nitrogen and oxygen atoms in total. The number of benzene rings is 1. The van der Waals surface area contributed by atoms with Gasteiger partial charge in [-0.2, -0.15) is 0 Å². The van der Waals surface area contributed by atoms with E-state index in [1.807, 2.05) is 5.38 Å². The van der Waals surface area contributed by atoms with Gasteiger partial charge in [0.15, 0.2) is 16.6 Å². The molecular weight excluding hydrogens is 312 g/mol. The fourth-order valence-electron chi connectivity index (χ4n) is 2.16. The molecule has 0 saturated heterocycles. The van der Waals surface area contributed by atoms with E-state index in [-0.39, 0.29) is 5.91 Å². The number of thiazole rings is 1. The van der Waals surface area contributed by atoms with Crippen molar-refractivity contribution in [2.45, 2.75) is 18.8 Å². The summed E-state index contributed by atoms with van der Waals surface area (Å²) in [5.41, 5.74) is 1.58. The first-order valence-corrected chi connectivity index (χ1v) is 8.27. The molecule has 0 spiro atoms. The van der Waals surface area contributed by atoms with Crippen molar-refractivity contribution in [3.05, 3.63) is 47.5 Å². The van der Waals surface area contributed by atoms with Gasteiger partial charge in [-0.1, -0.05) is 12.7 Å². The summed E-state index contributed by atoms with van der Waals surface area (Å²) in [6.45, 7) is 3.99. The standard InChI is InChI=1S/C17H18N2O3S/c1-3-8-22-14-7-6-12(9-15(14)21-2)16(20)19-17-18-13(10-23-17)11-4-5-11/h3,6-7,9-11H,1,4-5,8H2,2H3,(H,18,19,20). The Morgan fingerprint density at radius 2 is 2.30 bits per heavy atom. The minimum atomic E-state index is -0.213. The topological polar surface area (TPSA) is 60.5 Å². The van der Waals surface area contributed by atoms with Gasteiger partial charge >= 0.3 is 0 Å². The minimum Gasteiger partial charge on any atom is -0.493 e. The van der Waals surface area contributed by atoms with E-state index >= 15 is 0 Å². The van der Waals surface area contributed by atoms with Crippen molar-refractivity contribution in [1.82, 2.24) is 4.98 Å². The number of amides is 1. The van der Waals surface area contributed by atoms with Gasteiger partial charge in [0.05, 0.1) is 12.8 Å². The third-order valence-electron chi connectivity index (χ3n) is 3.52. The zero-order valence-electron chi connectivity index (χ0n) is 12.9. The average Bonchev–Trinajstić information content (AvgIpc) is 3.32. The normalized spacial score (nSPS) is 13.4. The van der Waals surface area contributed by atoms with Crippen LogP contribution in [-0.2, 0) is 0 Å². The second kappa shape index (κ2) is 6.83. The van der Waals surface area contributed by atoms with Gasteiger partial charge in [-0.05, 0) is 31.0 Å². The van der Waals surface area contributed by atoms with Crippen LogP contribution in [0.1, 0.15) is 34.8 Å². The summed E-state index contributed by atoms with van der Waals surface area (Å²) in [6.07, 6.45) is 4.04. The molecule has 1 saturated carbocycles. The van der Waals surface area contributed by atoms with Crippen molar-refractivity contribution < 1.29 is 14.3 Å². The molecule has 0 unspecified atom stereocenters. The van der Waals surface area contributed by atoms with Crippen molar-refractivity contribution in [1.29, 1.82) is 0 Å². The van der Waals surface area contributed by atoms with Gasteiger partial charge in [-0.25, -0.2) is 4.98 Å². The average molecular weight is 330 g/mol. The van der Waals surface area contributed by atoms with Crippen LogP contribution in [0.3, 0.4) is 0 Å². The monoisotopic (exact) mass is 330 g/mol. The van der Waals surface area contributed by atoms with Gasteiger partial charge in [0, 0.05) is 16.9 Å². The van der Waals surface area contributed by atoms with E-state index in [1.165, 1.54) is 24.2 Å². The van der Waals surface area contributed by atoms with Crippen LogP contribution in [0.15, 0.2) is 36.2 Å². The molecule has 1 amide bonds. The highest BCUT2D eigenvalue weighted by atomic mass is 32.1. The first kappa shape index (κ1) is 15.6. The van der Waals surface area contributed by atoms with Gasteiger partial charge in [0.1, 0.15) is 6.61 Å². The van der Waals surface area contributed by atoms with Gasteiger partial charge in [-0.15, -0.1) is 11.3 Å². The number of nitrogens with one attached hydrogen (secondary N) is 1. The second-order valence-corrected chi connectivity index (χ2v) is 6.13. The largest absolute Gasteiger partial charge is 0.493 e. The first-order valence-electron chi connectivity index (χ1n) is 7.39. The summed E-state index contributed by atoms with van der Waals surface area (Å²) in [4.78, 5) is 16.8. The van der Waals surface area contributed by atoms with E-state index in [9.17, 15) is 4.79 Å². The Hall–Kier alpha value is -2.34. The van der Waals surface area contributed by atoms with E-state index in [2.05, 4.69) is 16.9 Å². The van der Waals surface area contributed by atoms with E-state index in [0.29, 0.717) is 34.7 Å². The number of carbonyl (C=O) groups excluding carboxylic acids is 1. The molecule has 3 rings (SSSR count). The minimum absolute atomic E-state index is 0.213. The molecule has 6 heteroatoms. The second-order valence-electron chi connectivity index (χ2n) is 5.27. The lowest BCUT2D eigenvalue weighted by Gasteiger charge is -2.10. The molecule has 1 N–H and O–H groups in total. The summed E-state index contributed by atoms with van der Waals surface area (Å²) < 4.78 is 10.8. The van der Waals surface area contributed by atoms with Crippen LogP contribution in [0.5, 0.6) is 11.5 Å². The molecular formula is C17H18N2O3S. The van der Waals surface area contributed by atoms with Gasteiger partial charge in [-0.3, -0.25) is 10.1 Å². The highest BCUT2D eigenvalue weighted by Crippen LogP contribution is 2.41. The third-order valence-corrected chi connectivity index (χ3v) is 4.30. The zero-order chi connectivity index (χ0) is 16.2. The SMILES string of the molecule is C=CCOc1ccc(C(=O)Nc2nc(C3CC3)cs2)cc1OC. The number of nitrogens with zero attached hydrogens (tertiary/aromatic N) is 1. The predicted molar refractivity (Wildman–Crippen MR) is 90.7 cm³/mol. The number of methoxy groups -OCH3 is 1. The van der Waals surface area contributed by atoms with Crippen LogP contribution >= 0.6 is 11.3 Å². The Kier molecular flexibility index (Phi) is 4.62. The number of aromatic nitrogens is 1. The summed E-state index contributed by atoms with van der Waals surface area (Å²) in [5, 5.41) is 5.47. The smallest absolute Gasteiger partial charge is 0.257 e. The summed E-state index contributed by atoms with van der Waals surface area (Å²) >= 11 is 1.46. The van der Waals surface area contributed by atoms with Crippen molar-refractivity contribution in [3.63, 3.8) is 0 Å². The summed E-state index contributed by atoms with van der Waals surface area (Å²) in [5.74, 6) is 1.46. The van der Waals surface area contributed by atoms with Gasteiger partial charge in [0.25, 0.3) is 5.91 Å². The molecule has 0 aliphatic heterocycles. The molecule has 1 aliphatic rings. The maximum atomic E-state index is 12.3. The molecule has 1 fully saturated rings. The fourth-order valence-corrected chi connectivity index (χ4v) is 2.94. The van der Waals surface area contributed by atoms with Crippen LogP contribution in [-0.4, -0.2) is 24.6 Å². The maximum absolute atomic E-state index is 12.3. The molecule has 1 aromatic carbocycles. The fraction of sp³-hybridized carbons (Fsp3) is 0.294. The molecule has 1 aromatic heterocycles. The Morgan fingerprint density at radius 3 is 3.00 bits per heavy atom. The first-order chi connectivity index (χ1) is 11.2. The quantitative estimate of drug-likeness (QED) is 0.784. The highest BCUT2D eigenvalue weighted by molar-refractivity contribution is 7.14. The predicted octanol–water partition coefficient (Wildman–Crippen LogP) is 3.85. The van der Waals surface area contributed by atoms with Crippen molar-refractivity contribution in [3.8, 4) is 11.5 Å². The van der Waals surface area contributed by atoms with E-state index < -0.39 is 0 Å². The number of carbonyl (C=O) groups is 1. The van der Waals surface area contributed by atoms with E-state index in [1.54, 1.807) is 31.4 Å². The van der Waals surface area contributed by atoms with E-state index in [4.69, 9.17) is 9.47 Å². The van der Waals surface area contributed by atoms with Crippen LogP contribution < -0.4 is 14.8 Å². The molecule has 0 bridgehead atoms. The number of ether oxygens (including phenoxy) is 2. The molecule has 0 radical (unpaired) electrons. The van der Waals surface area contributed by atoms with Gasteiger partial charge < -0.3 is 9.47 Å². The maximum Gasteiger partial charge on any atom is 0.257 e. The number of hydrogen-bond acceptors (Lipinski definition) is 5. The molecule has 2 aromatic rings. The van der Waals surface area contributed by atoms with Crippen molar-refractivity contribution in [2.75, 3.05) is 19.0 Å². The van der Waals surface area contributed by atoms with Crippen molar-refractivity contribution in [2.24, 2.45) is 0 Å². The van der Waals surface area contributed by atoms with Gasteiger partial charge in [0.2, 0.25) is 0 Å². The number of hydrogen-bond donors (Lipinski definition) is 1. The lowest BCUT2D eigenvalue weighted by Crippen LogP contribution is -2.12. The Balaban J connectivity index is 1.71. The summed E-state index contributed by atoms with van der Waals surface area (Å²) in [6, 6.07) is 5.07. The number of rotatable bonds is 7. The lowest BCUT2D eigenvalue weighted by molar-refractivity contribution is 0.102. The number of anilines is 1. The van der Waals surface area contributed by atoms with Crippen LogP contribution in [0.2, 0.25) is 0 Å². The third kappa shape index (κ3) is 3.71. The van der Waals surface area contributed by atoms with Crippen molar-refractivity contribution >= 4 is 22.4 Å². The van der Waals surface area contributed by atoms with Crippen LogP contribution in [0.4, 0.5) is 5.13 Å². The molecule has 1 heterocycles. The Morgan fingerprint density at radius 1 is 1.48 bits per heavy atom. The highest BCUT2D eigenvalue weighted by Gasteiger charge is 2.26. The molecule has 120 valence electrons. The molecule has 0 atom stereocenters. The van der Waals surface area contributed by atoms with E-state index in [0.717, 1.165) is 5.69 Å². The van der Waals surface area contributed by atoms with Crippen LogP contribution in [0.25, 0.3) is 0 Å². The lowest BCUT2D eigenvalue weighted by atomic mass is 10.2. The Labute approximate surface area is 139 Å².